The van der Waals surface area contributed by atoms with Gasteiger partial charge in [-0.25, -0.2) is 9.78 Å². The Balaban J connectivity index is 1.51. The van der Waals surface area contributed by atoms with Gasteiger partial charge in [0.15, 0.2) is 11.5 Å². The van der Waals surface area contributed by atoms with Crippen LogP contribution in [0.15, 0.2) is 51.8 Å². The lowest BCUT2D eigenvalue weighted by Gasteiger charge is -2.20. The van der Waals surface area contributed by atoms with Crippen molar-refractivity contribution in [3.63, 3.8) is 0 Å². The van der Waals surface area contributed by atoms with Crippen LogP contribution < -0.4 is 16.0 Å². The number of imide groups is 1. The van der Waals surface area contributed by atoms with E-state index in [-0.39, 0.29) is 11.8 Å². The zero-order chi connectivity index (χ0) is 20.6. The predicted molar refractivity (Wildman–Crippen MR) is 109 cm³/mol. The minimum atomic E-state index is -1.03. The molecule has 4 rings (SSSR count). The molecule has 3 N–H and O–H groups in total. The minimum absolute atomic E-state index is 0.280. The van der Waals surface area contributed by atoms with Gasteiger partial charge in [0.25, 0.3) is 11.8 Å². The number of rotatable bonds is 5. The topological polar surface area (TPSA) is 113 Å². The maximum Gasteiger partial charge on any atom is 0.322 e. The quantitative estimate of drug-likeness (QED) is 0.440. The van der Waals surface area contributed by atoms with Crippen LogP contribution in [0.1, 0.15) is 23.2 Å². The molecule has 1 aliphatic heterocycles. The summed E-state index contributed by atoms with van der Waals surface area (Å²) in [5.41, 5.74) is 1.37. The molecular formula is C20H18N4O4S. The Labute approximate surface area is 170 Å². The summed E-state index contributed by atoms with van der Waals surface area (Å²) in [5, 5.41) is 7.73. The van der Waals surface area contributed by atoms with E-state index in [1.807, 2.05) is 12.1 Å². The van der Waals surface area contributed by atoms with Gasteiger partial charge < -0.3 is 15.1 Å². The average Bonchev–Trinajstić information content (AvgIpc) is 3.17. The number of thioether (sulfide) groups is 1. The molecule has 0 saturated carbocycles. The van der Waals surface area contributed by atoms with E-state index in [4.69, 9.17) is 4.42 Å². The normalized spacial score (nSPS) is 18.6. The van der Waals surface area contributed by atoms with E-state index in [2.05, 4.69) is 20.9 Å². The molecule has 4 amide bonds. The van der Waals surface area contributed by atoms with Crippen molar-refractivity contribution in [1.29, 1.82) is 0 Å². The predicted octanol–water partition coefficient (Wildman–Crippen LogP) is 3.08. The lowest BCUT2D eigenvalue weighted by molar-refractivity contribution is -0.122. The molecule has 1 saturated heterocycles. The van der Waals surface area contributed by atoms with Crippen molar-refractivity contribution in [2.75, 3.05) is 11.1 Å². The van der Waals surface area contributed by atoms with Crippen molar-refractivity contribution >= 4 is 46.4 Å². The van der Waals surface area contributed by atoms with E-state index in [1.165, 1.54) is 11.8 Å². The molecule has 2 aromatic carbocycles. The number of carbonyl (C=O) groups is 3. The summed E-state index contributed by atoms with van der Waals surface area (Å²) in [6, 6.07) is 11.9. The fourth-order valence-corrected chi connectivity index (χ4v) is 4.14. The first-order valence-corrected chi connectivity index (χ1v) is 9.87. The second-order valence-electron chi connectivity index (χ2n) is 6.89. The lowest BCUT2D eigenvalue weighted by Crippen LogP contribution is -2.46. The summed E-state index contributed by atoms with van der Waals surface area (Å²) >= 11 is 1.33. The van der Waals surface area contributed by atoms with E-state index in [9.17, 15) is 14.4 Å². The SMILES string of the molecule is Cc1nc2cc(NC(=O)c3ccccc3SC[C@@]3(C)NC(=O)NC3=O)ccc2o1. The van der Waals surface area contributed by atoms with Crippen LogP contribution in [0.3, 0.4) is 0 Å². The third-order valence-corrected chi connectivity index (χ3v) is 5.91. The number of urea groups is 1. The van der Waals surface area contributed by atoms with Gasteiger partial charge in [-0.2, -0.15) is 0 Å². The Hall–Kier alpha value is -3.33. The number of anilines is 1. The first kappa shape index (κ1) is 19.0. The molecule has 3 aromatic rings. The number of aryl methyl sites for hydroxylation is 1. The second-order valence-corrected chi connectivity index (χ2v) is 7.91. The second kappa shape index (κ2) is 7.25. The molecule has 148 valence electrons. The van der Waals surface area contributed by atoms with Crippen molar-refractivity contribution in [3.8, 4) is 0 Å². The molecule has 0 aliphatic carbocycles. The van der Waals surface area contributed by atoms with E-state index < -0.39 is 11.6 Å². The smallest absolute Gasteiger partial charge is 0.322 e. The summed E-state index contributed by atoms with van der Waals surface area (Å²) in [7, 11) is 0. The number of benzene rings is 2. The van der Waals surface area contributed by atoms with Crippen molar-refractivity contribution < 1.29 is 18.8 Å². The molecule has 9 heteroatoms. The van der Waals surface area contributed by atoms with Crippen LogP contribution in [0, 0.1) is 6.92 Å². The van der Waals surface area contributed by atoms with E-state index in [0.717, 1.165) is 0 Å². The molecule has 2 heterocycles. The molecule has 1 fully saturated rings. The molecule has 0 unspecified atom stereocenters. The molecule has 8 nitrogen and oxygen atoms in total. The fourth-order valence-electron chi connectivity index (χ4n) is 3.00. The first-order valence-electron chi connectivity index (χ1n) is 8.88. The number of hydrogen-bond donors (Lipinski definition) is 3. The maximum atomic E-state index is 12.9. The van der Waals surface area contributed by atoms with Crippen molar-refractivity contribution in [2.45, 2.75) is 24.3 Å². The Morgan fingerprint density at radius 1 is 1.24 bits per heavy atom. The number of nitrogens with one attached hydrogen (secondary N) is 3. The number of carbonyl (C=O) groups excluding carboxylic acids is 3. The molecule has 0 radical (unpaired) electrons. The number of oxazole rings is 1. The highest BCUT2D eigenvalue weighted by molar-refractivity contribution is 7.99. The molecule has 1 aliphatic rings. The van der Waals surface area contributed by atoms with Crippen LogP contribution >= 0.6 is 11.8 Å². The number of amides is 4. The van der Waals surface area contributed by atoms with Crippen LogP contribution in [0.2, 0.25) is 0 Å². The maximum absolute atomic E-state index is 12.9. The highest BCUT2D eigenvalue weighted by Crippen LogP contribution is 2.28. The number of hydrogen-bond acceptors (Lipinski definition) is 6. The van der Waals surface area contributed by atoms with Gasteiger partial charge in [0.1, 0.15) is 11.1 Å². The monoisotopic (exact) mass is 410 g/mol. The molecule has 1 atom stereocenters. The fraction of sp³-hybridized carbons (Fsp3) is 0.200. The lowest BCUT2D eigenvalue weighted by atomic mass is 10.1. The third-order valence-electron chi connectivity index (χ3n) is 4.52. The highest BCUT2D eigenvalue weighted by Gasteiger charge is 2.41. The number of fused-ring (bicyclic) bond motifs is 1. The molecular weight excluding hydrogens is 392 g/mol. The van der Waals surface area contributed by atoms with E-state index in [1.54, 1.807) is 44.2 Å². The molecule has 29 heavy (non-hydrogen) atoms. The Bertz CT molecular complexity index is 1140. The van der Waals surface area contributed by atoms with Crippen LogP contribution in [0.25, 0.3) is 11.1 Å². The molecule has 0 bridgehead atoms. The summed E-state index contributed by atoms with van der Waals surface area (Å²) in [4.78, 5) is 41.3. The van der Waals surface area contributed by atoms with Gasteiger partial charge in [-0.3, -0.25) is 14.9 Å². The van der Waals surface area contributed by atoms with Gasteiger partial charge in [-0.15, -0.1) is 11.8 Å². The van der Waals surface area contributed by atoms with Crippen LogP contribution in [-0.2, 0) is 4.79 Å². The van der Waals surface area contributed by atoms with Crippen molar-refractivity contribution in [3.05, 3.63) is 53.9 Å². The largest absolute Gasteiger partial charge is 0.441 e. The van der Waals surface area contributed by atoms with Crippen LogP contribution in [0.5, 0.6) is 0 Å². The minimum Gasteiger partial charge on any atom is -0.441 e. The van der Waals surface area contributed by atoms with Crippen molar-refractivity contribution in [1.82, 2.24) is 15.6 Å². The Morgan fingerprint density at radius 3 is 2.79 bits per heavy atom. The average molecular weight is 410 g/mol. The van der Waals surface area contributed by atoms with E-state index >= 15 is 0 Å². The van der Waals surface area contributed by atoms with E-state index in [0.29, 0.717) is 38.9 Å². The van der Waals surface area contributed by atoms with Crippen molar-refractivity contribution in [2.24, 2.45) is 0 Å². The van der Waals surface area contributed by atoms with Crippen LogP contribution in [0.4, 0.5) is 10.5 Å². The molecule has 0 spiro atoms. The van der Waals surface area contributed by atoms with Gasteiger partial charge in [0.2, 0.25) is 0 Å². The first-order chi connectivity index (χ1) is 13.8. The van der Waals surface area contributed by atoms with Gasteiger partial charge in [-0.1, -0.05) is 12.1 Å². The van der Waals surface area contributed by atoms with Gasteiger partial charge in [0.05, 0.1) is 5.56 Å². The highest BCUT2D eigenvalue weighted by atomic mass is 32.2. The number of nitrogens with zero attached hydrogens (tertiary/aromatic N) is 1. The van der Waals surface area contributed by atoms with Crippen LogP contribution in [-0.4, -0.2) is 34.1 Å². The zero-order valence-electron chi connectivity index (χ0n) is 15.7. The Kier molecular flexibility index (Phi) is 4.75. The number of aromatic nitrogens is 1. The summed E-state index contributed by atoms with van der Waals surface area (Å²) in [6.07, 6.45) is 0. The summed E-state index contributed by atoms with van der Waals surface area (Å²) in [6.45, 7) is 3.41. The standard InChI is InChI=1S/C20H18N4O4S/c1-11-21-14-9-12(7-8-15(14)28-11)22-17(25)13-5-3-4-6-16(13)29-10-20(2)18(26)23-19(27)24-20/h3-9H,10H2,1-2H3,(H,22,25)(H2,23,24,26,27)/t20-/m1/s1. The Morgan fingerprint density at radius 2 is 2.03 bits per heavy atom. The van der Waals surface area contributed by atoms with Gasteiger partial charge >= 0.3 is 6.03 Å². The van der Waals surface area contributed by atoms with Gasteiger partial charge in [0, 0.05) is 23.3 Å². The summed E-state index contributed by atoms with van der Waals surface area (Å²) < 4.78 is 5.45. The van der Waals surface area contributed by atoms with Gasteiger partial charge in [-0.05, 0) is 37.3 Å². The zero-order valence-corrected chi connectivity index (χ0v) is 16.6. The molecule has 1 aromatic heterocycles. The summed E-state index contributed by atoms with van der Waals surface area (Å²) in [5.74, 6) is 0.187. The third kappa shape index (κ3) is 3.81.